The van der Waals surface area contributed by atoms with Crippen molar-refractivity contribution in [3.05, 3.63) is 48.6 Å². The van der Waals surface area contributed by atoms with Gasteiger partial charge in [0.1, 0.15) is 6.61 Å². The zero-order valence-corrected chi connectivity index (χ0v) is 11.9. The summed E-state index contributed by atoms with van der Waals surface area (Å²) in [6.45, 7) is 3.95. The predicted octanol–water partition coefficient (Wildman–Crippen LogP) is 2.93. The SMILES string of the molecule is C=CC[C@@H]1C(=O)C2CCC1N2C(=O)OCc1ccccc1. The predicted molar refractivity (Wildman–Crippen MR) is 78.6 cm³/mol. The molecule has 2 aliphatic heterocycles. The zero-order chi connectivity index (χ0) is 14.8. The van der Waals surface area contributed by atoms with Crippen molar-refractivity contribution >= 4 is 11.9 Å². The molecule has 0 spiro atoms. The average molecular weight is 285 g/mol. The third-order valence-electron chi connectivity index (χ3n) is 4.42. The molecule has 0 N–H and O–H groups in total. The van der Waals surface area contributed by atoms with Crippen LogP contribution in [0.2, 0.25) is 0 Å². The van der Waals surface area contributed by atoms with Crippen molar-refractivity contribution in [2.24, 2.45) is 5.92 Å². The number of carbonyl (C=O) groups is 2. The van der Waals surface area contributed by atoms with Crippen LogP contribution in [0.15, 0.2) is 43.0 Å². The summed E-state index contributed by atoms with van der Waals surface area (Å²) in [5, 5.41) is 0. The second-order valence-electron chi connectivity index (χ2n) is 5.64. The van der Waals surface area contributed by atoms with Gasteiger partial charge in [0.25, 0.3) is 0 Å². The quantitative estimate of drug-likeness (QED) is 0.799. The average Bonchev–Trinajstić information content (AvgIpc) is 3.04. The zero-order valence-electron chi connectivity index (χ0n) is 11.9. The van der Waals surface area contributed by atoms with E-state index in [1.165, 1.54) is 0 Å². The molecule has 4 heteroatoms. The lowest BCUT2D eigenvalue weighted by molar-refractivity contribution is -0.123. The number of carbonyl (C=O) groups excluding carboxylic acids is 2. The van der Waals surface area contributed by atoms with Crippen LogP contribution in [0.5, 0.6) is 0 Å². The maximum absolute atomic E-state index is 12.3. The van der Waals surface area contributed by atoms with Crippen molar-refractivity contribution in [3.63, 3.8) is 0 Å². The van der Waals surface area contributed by atoms with Crippen LogP contribution in [0.1, 0.15) is 24.8 Å². The van der Waals surface area contributed by atoms with Gasteiger partial charge in [-0.2, -0.15) is 0 Å². The number of hydrogen-bond donors (Lipinski definition) is 0. The van der Waals surface area contributed by atoms with E-state index in [-0.39, 0.29) is 36.5 Å². The standard InChI is InChI=1S/C17H19NO3/c1-2-6-13-14-9-10-15(16(13)19)18(14)17(20)21-11-12-7-4-3-5-8-12/h2-5,7-8,13-15H,1,6,9-11H2/t13-,14?,15?/m0/s1. The monoisotopic (exact) mass is 285 g/mol. The molecule has 2 unspecified atom stereocenters. The molecule has 2 bridgehead atoms. The smallest absolute Gasteiger partial charge is 0.410 e. The number of ether oxygens (including phenoxy) is 1. The minimum absolute atomic E-state index is 0.0104. The molecular weight excluding hydrogens is 266 g/mol. The second-order valence-corrected chi connectivity index (χ2v) is 5.64. The van der Waals surface area contributed by atoms with Crippen molar-refractivity contribution in [3.8, 4) is 0 Å². The number of nitrogens with zero attached hydrogens (tertiary/aromatic N) is 1. The Labute approximate surface area is 124 Å². The molecular formula is C17H19NO3. The molecule has 3 rings (SSSR count). The summed E-state index contributed by atoms with van der Waals surface area (Å²) in [4.78, 5) is 26.2. The highest BCUT2D eigenvalue weighted by Gasteiger charge is 2.54. The highest BCUT2D eigenvalue weighted by atomic mass is 16.6. The van der Waals surface area contributed by atoms with E-state index in [0.717, 1.165) is 18.4 Å². The Bertz CT molecular complexity index is 554. The van der Waals surface area contributed by atoms with Gasteiger partial charge in [-0.25, -0.2) is 4.79 Å². The molecule has 110 valence electrons. The molecule has 4 nitrogen and oxygen atoms in total. The van der Waals surface area contributed by atoms with E-state index >= 15 is 0 Å². The summed E-state index contributed by atoms with van der Waals surface area (Å²) < 4.78 is 5.38. The lowest BCUT2D eigenvalue weighted by Gasteiger charge is -2.22. The molecule has 3 atom stereocenters. The van der Waals surface area contributed by atoms with Crippen molar-refractivity contribution in [2.45, 2.75) is 38.0 Å². The first-order chi connectivity index (χ1) is 10.2. The summed E-state index contributed by atoms with van der Waals surface area (Å²) in [5.74, 6) is 0.0772. The van der Waals surface area contributed by atoms with E-state index in [0.29, 0.717) is 6.42 Å². The van der Waals surface area contributed by atoms with Gasteiger partial charge in [0.2, 0.25) is 0 Å². The lowest BCUT2D eigenvalue weighted by Crippen LogP contribution is -2.37. The number of benzene rings is 1. The number of amides is 1. The molecule has 1 aromatic carbocycles. The van der Waals surface area contributed by atoms with E-state index in [9.17, 15) is 9.59 Å². The van der Waals surface area contributed by atoms with Gasteiger partial charge >= 0.3 is 6.09 Å². The largest absolute Gasteiger partial charge is 0.445 e. The van der Waals surface area contributed by atoms with Gasteiger partial charge in [0.05, 0.1) is 6.04 Å². The van der Waals surface area contributed by atoms with Crippen LogP contribution < -0.4 is 0 Å². The maximum Gasteiger partial charge on any atom is 0.410 e. The molecule has 2 heterocycles. The van der Waals surface area contributed by atoms with Crippen molar-refractivity contribution in [2.75, 3.05) is 0 Å². The molecule has 0 aromatic heterocycles. The van der Waals surface area contributed by atoms with E-state index < -0.39 is 0 Å². The second kappa shape index (κ2) is 5.72. The van der Waals surface area contributed by atoms with E-state index in [1.54, 1.807) is 11.0 Å². The van der Waals surface area contributed by atoms with Gasteiger partial charge in [-0.1, -0.05) is 36.4 Å². The summed E-state index contributed by atoms with van der Waals surface area (Å²) >= 11 is 0. The van der Waals surface area contributed by atoms with Gasteiger partial charge in [-0.05, 0) is 24.8 Å². The summed E-state index contributed by atoms with van der Waals surface area (Å²) in [5.41, 5.74) is 0.950. The van der Waals surface area contributed by atoms with Gasteiger partial charge in [0.15, 0.2) is 5.78 Å². The van der Waals surface area contributed by atoms with Crippen LogP contribution >= 0.6 is 0 Å². The summed E-state index contributed by atoms with van der Waals surface area (Å²) in [6, 6.07) is 9.27. The van der Waals surface area contributed by atoms with E-state index in [2.05, 4.69) is 6.58 Å². The molecule has 0 saturated carbocycles. The molecule has 0 radical (unpaired) electrons. The first-order valence-electron chi connectivity index (χ1n) is 7.36. The fourth-order valence-corrected chi connectivity index (χ4v) is 3.46. The lowest BCUT2D eigenvalue weighted by atomic mass is 9.86. The number of ketones is 1. The highest BCUT2D eigenvalue weighted by molar-refractivity contribution is 5.94. The Morgan fingerprint density at radius 3 is 2.81 bits per heavy atom. The number of Topliss-reactive ketones (excluding diaryl/α,β-unsaturated/α-hetero) is 1. The van der Waals surface area contributed by atoms with Gasteiger partial charge in [-0.15, -0.1) is 6.58 Å². The first-order valence-corrected chi connectivity index (χ1v) is 7.36. The molecule has 1 aromatic rings. The topological polar surface area (TPSA) is 46.6 Å². The van der Waals surface area contributed by atoms with Crippen molar-refractivity contribution < 1.29 is 14.3 Å². The van der Waals surface area contributed by atoms with Crippen LogP contribution in [0.3, 0.4) is 0 Å². The number of allylic oxidation sites excluding steroid dienone is 1. The Kier molecular flexibility index (Phi) is 3.78. The number of fused-ring (bicyclic) bond motifs is 2. The maximum atomic E-state index is 12.3. The van der Waals surface area contributed by atoms with Gasteiger partial charge in [0, 0.05) is 12.0 Å². The molecule has 2 fully saturated rings. The minimum atomic E-state index is -0.369. The number of rotatable bonds is 4. The Morgan fingerprint density at radius 1 is 1.33 bits per heavy atom. The molecule has 0 aliphatic carbocycles. The fraction of sp³-hybridized carbons (Fsp3) is 0.412. The Balaban J connectivity index is 1.65. The molecule has 1 amide bonds. The highest BCUT2D eigenvalue weighted by Crippen LogP contribution is 2.41. The van der Waals surface area contributed by atoms with Gasteiger partial charge < -0.3 is 4.74 Å². The first kappa shape index (κ1) is 13.9. The van der Waals surface area contributed by atoms with Crippen LogP contribution in [-0.2, 0) is 16.1 Å². The fourth-order valence-electron chi connectivity index (χ4n) is 3.46. The van der Waals surface area contributed by atoms with E-state index in [1.807, 2.05) is 30.3 Å². The Hall–Kier alpha value is -2.10. The normalized spacial score (nSPS) is 27.0. The summed E-state index contributed by atoms with van der Waals surface area (Å²) in [7, 11) is 0. The molecule has 21 heavy (non-hydrogen) atoms. The van der Waals surface area contributed by atoms with Crippen molar-refractivity contribution in [1.29, 1.82) is 0 Å². The molecule has 2 saturated heterocycles. The van der Waals surface area contributed by atoms with Crippen molar-refractivity contribution in [1.82, 2.24) is 4.90 Å². The molecule has 2 aliphatic rings. The third-order valence-corrected chi connectivity index (χ3v) is 4.42. The summed E-state index contributed by atoms with van der Waals surface area (Å²) in [6.07, 6.45) is 3.68. The van der Waals surface area contributed by atoms with Crippen LogP contribution in [0.25, 0.3) is 0 Å². The van der Waals surface area contributed by atoms with E-state index in [4.69, 9.17) is 4.74 Å². The van der Waals surface area contributed by atoms with Crippen LogP contribution in [-0.4, -0.2) is 28.9 Å². The number of hydrogen-bond acceptors (Lipinski definition) is 3. The third kappa shape index (κ3) is 2.46. The minimum Gasteiger partial charge on any atom is -0.445 e. The Morgan fingerprint density at radius 2 is 2.10 bits per heavy atom. The van der Waals surface area contributed by atoms with Crippen LogP contribution in [0, 0.1) is 5.92 Å². The van der Waals surface area contributed by atoms with Crippen LogP contribution in [0.4, 0.5) is 4.79 Å². The van der Waals surface area contributed by atoms with Gasteiger partial charge in [-0.3, -0.25) is 9.69 Å².